The van der Waals surface area contributed by atoms with Crippen molar-refractivity contribution in [2.75, 3.05) is 11.4 Å². The summed E-state index contributed by atoms with van der Waals surface area (Å²) in [5.41, 5.74) is 4.42. The van der Waals surface area contributed by atoms with Gasteiger partial charge in [0.15, 0.2) is 0 Å². The van der Waals surface area contributed by atoms with Crippen LogP contribution in [-0.2, 0) is 6.42 Å². The van der Waals surface area contributed by atoms with Crippen LogP contribution in [0.3, 0.4) is 0 Å². The normalized spacial score (nSPS) is 15.4. The molecule has 0 amide bonds. The smallest absolute Gasteiger partial charge is 0.133 e. The maximum Gasteiger partial charge on any atom is 0.133 e. The highest BCUT2D eigenvalue weighted by molar-refractivity contribution is 5.67. The molecule has 0 aliphatic carbocycles. The Bertz CT molecular complexity index is 607. The highest BCUT2D eigenvalue weighted by atomic mass is 16.3. The lowest BCUT2D eigenvalue weighted by Gasteiger charge is -2.20. The van der Waals surface area contributed by atoms with Gasteiger partial charge < -0.3 is 10.0 Å². The first-order chi connectivity index (χ1) is 9.16. The highest BCUT2D eigenvalue weighted by Gasteiger charge is 2.21. The number of aliphatic hydroxyl groups is 1. The number of aryl methyl sites for hydroxylation is 1. The summed E-state index contributed by atoms with van der Waals surface area (Å²) in [5.74, 6) is 0.965. The van der Waals surface area contributed by atoms with Gasteiger partial charge in [-0.25, -0.2) is 4.98 Å². The van der Waals surface area contributed by atoms with Gasteiger partial charge >= 0.3 is 0 Å². The molecule has 0 radical (unpaired) electrons. The molecule has 0 unspecified atom stereocenters. The number of fused-ring (bicyclic) bond motifs is 1. The second-order valence-electron chi connectivity index (χ2n) is 5.05. The molecule has 0 bridgehead atoms. The number of pyridine rings is 1. The third kappa shape index (κ3) is 2.10. The van der Waals surface area contributed by atoms with Gasteiger partial charge in [0, 0.05) is 23.5 Å². The van der Waals surface area contributed by atoms with Gasteiger partial charge in [0.05, 0.1) is 6.10 Å². The minimum Gasteiger partial charge on any atom is -0.389 e. The first-order valence-electron chi connectivity index (χ1n) is 6.68. The number of rotatable bonds is 2. The van der Waals surface area contributed by atoms with Crippen molar-refractivity contribution in [2.45, 2.75) is 26.4 Å². The van der Waals surface area contributed by atoms with Gasteiger partial charge in [-0.3, -0.25) is 0 Å². The van der Waals surface area contributed by atoms with E-state index in [0.29, 0.717) is 0 Å². The van der Waals surface area contributed by atoms with Crippen LogP contribution < -0.4 is 4.90 Å². The molecule has 1 aromatic carbocycles. The lowest BCUT2D eigenvalue weighted by atomic mass is 10.1. The lowest BCUT2D eigenvalue weighted by molar-refractivity contribution is 0.198. The minimum absolute atomic E-state index is 0.465. The molecular weight excluding hydrogens is 236 g/mol. The molecule has 0 spiro atoms. The van der Waals surface area contributed by atoms with E-state index < -0.39 is 6.10 Å². The van der Waals surface area contributed by atoms with E-state index in [2.05, 4.69) is 34.1 Å². The summed E-state index contributed by atoms with van der Waals surface area (Å²) in [6.45, 7) is 4.70. The highest BCUT2D eigenvalue weighted by Crippen LogP contribution is 2.33. The Balaban J connectivity index is 1.99. The van der Waals surface area contributed by atoms with Crippen LogP contribution in [-0.4, -0.2) is 16.6 Å². The molecule has 0 saturated carbocycles. The van der Waals surface area contributed by atoms with E-state index >= 15 is 0 Å². The quantitative estimate of drug-likeness (QED) is 0.894. The van der Waals surface area contributed by atoms with E-state index in [-0.39, 0.29) is 0 Å². The van der Waals surface area contributed by atoms with Crippen molar-refractivity contribution >= 4 is 11.5 Å². The maximum absolute atomic E-state index is 9.66. The van der Waals surface area contributed by atoms with Crippen LogP contribution in [0.25, 0.3) is 0 Å². The largest absolute Gasteiger partial charge is 0.389 e. The van der Waals surface area contributed by atoms with E-state index in [1.54, 1.807) is 6.92 Å². The summed E-state index contributed by atoms with van der Waals surface area (Å²) in [4.78, 5) is 6.89. The molecule has 19 heavy (non-hydrogen) atoms. The zero-order chi connectivity index (χ0) is 13.4. The third-order valence-electron chi connectivity index (χ3n) is 3.73. The summed E-state index contributed by atoms with van der Waals surface area (Å²) in [6.07, 6.45) is 0.599. The predicted molar refractivity (Wildman–Crippen MR) is 76.8 cm³/mol. The molecule has 1 aliphatic rings. The van der Waals surface area contributed by atoms with Crippen LogP contribution in [0.4, 0.5) is 11.5 Å². The Labute approximate surface area is 113 Å². The molecule has 0 saturated heterocycles. The van der Waals surface area contributed by atoms with Gasteiger partial charge in [0.1, 0.15) is 5.82 Å². The van der Waals surface area contributed by atoms with Crippen LogP contribution in [0.2, 0.25) is 0 Å². The first kappa shape index (κ1) is 12.2. The number of anilines is 2. The molecule has 98 valence electrons. The molecule has 1 N–H and O–H groups in total. The fourth-order valence-corrected chi connectivity index (χ4v) is 2.73. The Morgan fingerprint density at radius 1 is 1.21 bits per heavy atom. The summed E-state index contributed by atoms with van der Waals surface area (Å²) in [5, 5.41) is 9.66. The zero-order valence-electron chi connectivity index (χ0n) is 11.3. The van der Waals surface area contributed by atoms with Gasteiger partial charge in [-0.2, -0.15) is 0 Å². The second kappa shape index (κ2) is 4.67. The molecule has 2 heterocycles. The van der Waals surface area contributed by atoms with Gasteiger partial charge in [-0.1, -0.05) is 24.3 Å². The Morgan fingerprint density at radius 2 is 2.00 bits per heavy atom. The van der Waals surface area contributed by atoms with Gasteiger partial charge in [0.25, 0.3) is 0 Å². The van der Waals surface area contributed by atoms with E-state index in [9.17, 15) is 5.11 Å². The number of aromatic nitrogens is 1. The molecular formula is C16H18N2O. The van der Waals surface area contributed by atoms with E-state index in [4.69, 9.17) is 0 Å². The van der Waals surface area contributed by atoms with Crippen LogP contribution in [0.5, 0.6) is 0 Å². The van der Waals surface area contributed by atoms with Crippen molar-refractivity contribution < 1.29 is 5.11 Å². The van der Waals surface area contributed by atoms with Crippen molar-refractivity contribution in [3.8, 4) is 0 Å². The summed E-state index contributed by atoms with van der Waals surface area (Å²) in [7, 11) is 0. The second-order valence-corrected chi connectivity index (χ2v) is 5.05. The molecule has 3 rings (SSSR count). The lowest BCUT2D eigenvalue weighted by Crippen LogP contribution is -2.15. The Kier molecular flexibility index (Phi) is 2.99. The number of hydrogen-bond acceptors (Lipinski definition) is 3. The zero-order valence-corrected chi connectivity index (χ0v) is 11.3. The summed E-state index contributed by atoms with van der Waals surface area (Å²) < 4.78 is 0. The fourth-order valence-electron chi connectivity index (χ4n) is 2.73. The molecule has 3 heteroatoms. The van der Waals surface area contributed by atoms with Crippen LogP contribution in [0.1, 0.15) is 29.8 Å². The third-order valence-corrected chi connectivity index (χ3v) is 3.73. The van der Waals surface area contributed by atoms with Gasteiger partial charge in [-0.15, -0.1) is 0 Å². The predicted octanol–water partition coefficient (Wildman–Crippen LogP) is 3.14. The van der Waals surface area contributed by atoms with Crippen molar-refractivity contribution in [2.24, 2.45) is 0 Å². The Hall–Kier alpha value is -1.87. The molecule has 3 nitrogen and oxygen atoms in total. The first-order valence-corrected chi connectivity index (χ1v) is 6.68. The molecule has 1 aliphatic heterocycles. The number of para-hydroxylation sites is 1. The number of hydrogen-bond donors (Lipinski definition) is 1. The van der Waals surface area contributed by atoms with E-state index in [0.717, 1.165) is 30.0 Å². The fraction of sp³-hybridized carbons (Fsp3) is 0.312. The number of benzene rings is 1. The topological polar surface area (TPSA) is 36.4 Å². The van der Waals surface area contributed by atoms with Gasteiger partial charge in [-0.05, 0) is 38.0 Å². The van der Waals surface area contributed by atoms with Gasteiger partial charge in [0.2, 0.25) is 0 Å². The number of aliphatic hydroxyl groups excluding tert-OH is 1. The van der Waals surface area contributed by atoms with E-state index in [1.165, 1.54) is 11.3 Å². The van der Waals surface area contributed by atoms with E-state index in [1.807, 2.05) is 19.1 Å². The molecule has 1 aromatic heterocycles. The van der Waals surface area contributed by atoms with Crippen LogP contribution in [0.15, 0.2) is 36.4 Å². The van der Waals surface area contributed by atoms with Crippen LogP contribution >= 0.6 is 0 Å². The summed E-state index contributed by atoms with van der Waals surface area (Å²) >= 11 is 0. The van der Waals surface area contributed by atoms with Crippen molar-refractivity contribution in [3.05, 3.63) is 53.2 Å². The SMILES string of the molecule is Cc1nc(N2CCc3ccccc32)ccc1[C@H](C)O. The van der Waals surface area contributed by atoms with Crippen molar-refractivity contribution in [1.29, 1.82) is 0 Å². The maximum atomic E-state index is 9.66. The van der Waals surface area contributed by atoms with Crippen molar-refractivity contribution in [3.63, 3.8) is 0 Å². The van der Waals surface area contributed by atoms with Crippen molar-refractivity contribution in [1.82, 2.24) is 4.98 Å². The van der Waals surface area contributed by atoms with Crippen LogP contribution in [0, 0.1) is 6.92 Å². The molecule has 1 atom stereocenters. The minimum atomic E-state index is -0.465. The standard InChI is InChI=1S/C16H18N2O/c1-11-14(12(2)19)7-8-16(17-11)18-10-9-13-5-3-4-6-15(13)18/h3-8,12,19H,9-10H2,1-2H3/t12-/m0/s1. The monoisotopic (exact) mass is 254 g/mol. The summed E-state index contributed by atoms with van der Waals surface area (Å²) in [6, 6.07) is 12.4. The Morgan fingerprint density at radius 3 is 2.74 bits per heavy atom. The average molecular weight is 254 g/mol. The molecule has 0 fully saturated rings. The molecule has 2 aromatic rings. The number of nitrogens with zero attached hydrogens (tertiary/aromatic N) is 2. The average Bonchev–Trinajstić information content (AvgIpc) is 2.82.